The molecule has 16 heavy (non-hydrogen) atoms. The molecule has 3 heterocycles. The third-order valence-electron chi connectivity index (χ3n) is 3.68. The number of likely N-dealkylation sites (N-methyl/N-ethyl adjacent to an activating group) is 1. The van der Waals surface area contributed by atoms with Gasteiger partial charge in [0.1, 0.15) is 0 Å². The molecule has 2 aromatic heterocycles. The molecule has 1 N–H and O–H groups in total. The highest BCUT2D eigenvalue weighted by Crippen LogP contribution is 2.29. The molecule has 1 aliphatic rings. The molecule has 0 amide bonds. The number of aromatic amines is 1. The first-order chi connectivity index (χ1) is 7.65. The van der Waals surface area contributed by atoms with Crippen molar-refractivity contribution in [2.24, 2.45) is 0 Å². The number of rotatable bonds is 0. The van der Waals surface area contributed by atoms with E-state index in [-0.39, 0.29) is 0 Å². The maximum Gasteiger partial charge on any atom is 0.0493 e. The highest BCUT2D eigenvalue weighted by molar-refractivity contribution is 5.84. The molecule has 0 radical (unpaired) electrons. The van der Waals surface area contributed by atoms with E-state index in [0.29, 0.717) is 6.04 Å². The van der Waals surface area contributed by atoms with Crippen LogP contribution < -0.4 is 0 Å². The van der Waals surface area contributed by atoms with Gasteiger partial charge in [-0.05, 0) is 38.9 Å². The maximum absolute atomic E-state index is 4.40. The van der Waals surface area contributed by atoms with Crippen LogP contribution in [0.25, 0.3) is 10.9 Å². The lowest BCUT2D eigenvalue weighted by Crippen LogP contribution is -2.34. The van der Waals surface area contributed by atoms with Gasteiger partial charge in [0.05, 0.1) is 0 Å². The molecule has 0 fully saturated rings. The first-order valence-corrected chi connectivity index (χ1v) is 5.81. The van der Waals surface area contributed by atoms with E-state index in [1.807, 2.05) is 13.1 Å². The van der Waals surface area contributed by atoms with Crippen LogP contribution in [0.3, 0.4) is 0 Å². The molecule has 3 nitrogen and oxygen atoms in total. The summed E-state index contributed by atoms with van der Waals surface area (Å²) >= 11 is 0. The first-order valence-electron chi connectivity index (χ1n) is 5.81. The quantitative estimate of drug-likeness (QED) is 0.731. The van der Waals surface area contributed by atoms with Crippen molar-refractivity contribution in [1.82, 2.24) is 14.9 Å². The monoisotopic (exact) mass is 215 g/mol. The lowest BCUT2D eigenvalue weighted by atomic mass is 9.99. The van der Waals surface area contributed by atoms with Gasteiger partial charge in [-0.25, -0.2) is 0 Å². The van der Waals surface area contributed by atoms with E-state index in [0.717, 1.165) is 18.7 Å². The second kappa shape index (κ2) is 3.32. The van der Waals surface area contributed by atoms with E-state index < -0.39 is 0 Å². The molecule has 3 rings (SSSR count). The van der Waals surface area contributed by atoms with Crippen LogP contribution in [0.15, 0.2) is 12.3 Å². The Hall–Kier alpha value is -1.35. The summed E-state index contributed by atoms with van der Waals surface area (Å²) in [5.74, 6) is 0. The molecule has 0 aliphatic carbocycles. The van der Waals surface area contributed by atoms with E-state index in [1.165, 1.54) is 22.2 Å². The minimum absolute atomic E-state index is 0.618. The standard InChI is InChI=1S/C13H17N3/c1-8-4-12-11(6-14-8)10-5-9(2)16(3)7-13(10)15-12/h4,6,9,15H,5,7H2,1-3H3/t9-/m1/s1. The number of H-pyrrole nitrogens is 1. The van der Waals surface area contributed by atoms with Gasteiger partial charge in [-0.3, -0.25) is 9.88 Å². The van der Waals surface area contributed by atoms with Crippen LogP contribution in [-0.2, 0) is 13.0 Å². The third-order valence-corrected chi connectivity index (χ3v) is 3.68. The van der Waals surface area contributed by atoms with Crippen LogP contribution in [0.2, 0.25) is 0 Å². The van der Waals surface area contributed by atoms with Crippen molar-refractivity contribution >= 4 is 10.9 Å². The van der Waals surface area contributed by atoms with Crippen molar-refractivity contribution in [3.05, 3.63) is 29.2 Å². The fourth-order valence-corrected chi connectivity index (χ4v) is 2.53. The van der Waals surface area contributed by atoms with Gasteiger partial charge in [0.25, 0.3) is 0 Å². The third kappa shape index (κ3) is 1.35. The predicted molar refractivity (Wildman–Crippen MR) is 65.5 cm³/mol. The lowest BCUT2D eigenvalue weighted by molar-refractivity contribution is 0.229. The highest BCUT2D eigenvalue weighted by atomic mass is 15.1. The Bertz CT molecular complexity index is 541. The number of pyridine rings is 1. The summed E-state index contributed by atoms with van der Waals surface area (Å²) < 4.78 is 0. The molecule has 0 saturated heterocycles. The van der Waals surface area contributed by atoms with Crippen LogP contribution in [0.4, 0.5) is 0 Å². The summed E-state index contributed by atoms with van der Waals surface area (Å²) in [4.78, 5) is 10.3. The van der Waals surface area contributed by atoms with Crippen LogP contribution in [0, 0.1) is 6.92 Å². The van der Waals surface area contributed by atoms with Crippen LogP contribution in [0.5, 0.6) is 0 Å². The van der Waals surface area contributed by atoms with Gasteiger partial charge in [-0.1, -0.05) is 0 Å². The zero-order valence-electron chi connectivity index (χ0n) is 10.0. The number of hydrogen-bond acceptors (Lipinski definition) is 2. The smallest absolute Gasteiger partial charge is 0.0493 e. The lowest BCUT2D eigenvalue weighted by Gasteiger charge is -2.29. The van der Waals surface area contributed by atoms with Crippen LogP contribution in [-0.4, -0.2) is 28.0 Å². The average molecular weight is 215 g/mol. The Balaban J connectivity index is 2.20. The fraction of sp³-hybridized carbons (Fsp3) is 0.462. The van der Waals surface area contributed by atoms with Gasteiger partial charge in [-0.15, -0.1) is 0 Å². The minimum Gasteiger partial charge on any atom is -0.357 e. The van der Waals surface area contributed by atoms with E-state index in [4.69, 9.17) is 0 Å². The first kappa shape index (κ1) is 9.85. The molecular weight excluding hydrogens is 198 g/mol. The van der Waals surface area contributed by atoms with E-state index in [1.54, 1.807) is 0 Å². The number of nitrogens with zero attached hydrogens (tertiary/aromatic N) is 2. The molecule has 0 unspecified atom stereocenters. The molecule has 3 heteroatoms. The highest BCUT2D eigenvalue weighted by Gasteiger charge is 2.23. The maximum atomic E-state index is 4.40. The molecule has 0 spiro atoms. The molecule has 84 valence electrons. The second-order valence-corrected chi connectivity index (χ2v) is 4.92. The molecule has 1 atom stereocenters. The van der Waals surface area contributed by atoms with Gasteiger partial charge in [-0.2, -0.15) is 0 Å². The fourth-order valence-electron chi connectivity index (χ4n) is 2.53. The molecule has 0 aromatic carbocycles. The number of fused-ring (bicyclic) bond motifs is 3. The molecule has 1 aliphatic heterocycles. The van der Waals surface area contributed by atoms with E-state index >= 15 is 0 Å². The van der Waals surface area contributed by atoms with E-state index in [9.17, 15) is 0 Å². The van der Waals surface area contributed by atoms with Crippen molar-refractivity contribution in [3.8, 4) is 0 Å². The Morgan fingerprint density at radius 1 is 1.50 bits per heavy atom. The van der Waals surface area contributed by atoms with Gasteiger partial charge >= 0.3 is 0 Å². The minimum atomic E-state index is 0.618. The molecule has 0 bridgehead atoms. The van der Waals surface area contributed by atoms with Crippen LogP contribution in [0.1, 0.15) is 23.9 Å². The summed E-state index contributed by atoms with van der Waals surface area (Å²) in [6, 6.07) is 2.76. The number of hydrogen-bond donors (Lipinski definition) is 1. The zero-order chi connectivity index (χ0) is 11.3. The van der Waals surface area contributed by atoms with Gasteiger partial charge in [0.15, 0.2) is 0 Å². The topological polar surface area (TPSA) is 31.9 Å². The Morgan fingerprint density at radius 3 is 3.12 bits per heavy atom. The number of nitrogens with one attached hydrogen (secondary N) is 1. The van der Waals surface area contributed by atoms with Crippen molar-refractivity contribution < 1.29 is 0 Å². The molecule has 0 saturated carbocycles. The van der Waals surface area contributed by atoms with Gasteiger partial charge in [0, 0.05) is 41.1 Å². The van der Waals surface area contributed by atoms with Gasteiger partial charge in [0.2, 0.25) is 0 Å². The number of aryl methyl sites for hydroxylation is 1. The van der Waals surface area contributed by atoms with Crippen molar-refractivity contribution in [3.63, 3.8) is 0 Å². The largest absolute Gasteiger partial charge is 0.357 e. The predicted octanol–water partition coefficient (Wildman–Crippen LogP) is 2.25. The Morgan fingerprint density at radius 2 is 2.31 bits per heavy atom. The van der Waals surface area contributed by atoms with Crippen LogP contribution >= 0.6 is 0 Å². The summed E-state index contributed by atoms with van der Waals surface area (Å²) in [6.07, 6.45) is 3.13. The van der Waals surface area contributed by atoms with Crippen molar-refractivity contribution in [2.75, 3.05) is 7.05 Å². The zero-order valence-corrected chi connectivity index (χ0v) is 10.0. The number of aromatic nitrogens is 2. The molecule has 2 aromatic rings. The second-order valence-electron chi connectivity index (χ2n) is 4.92. The average Bonchev–Trinajstić information content (AvgIpc) is 2.55. The van der Waals surface area contributed by atoms with Gasteiger partial charge < -0.3 is 4.98 Å². The normalized spacial score (nSPS) is 21.3. The summed E-state index contributed by atoms with van der Waals surface area (Å²) in [7, 11) is 2.18. The molecular formula is C13H17N3. The van der Waals surface area contributed by atoms with Crippen molar-refractivity contribution in [2.45, 2.75) is 32.9 Å². The Labute approximate surface area is 95.5 Å². The summed E-state index contributed by atoms with van der Waals surface area (Å²) in [6.45, 7) is 5.33. The Kier molecular flexibility index (Phi) is 2.04. The summed E-state index contributed by atoms with van der Waals surface area (Å²) in [5, 5.41) is 1.31. The summed E-state index contributed by atoms with van der Waals surface area (Å²) in [5.41, 5.74) is 5.14. The SMILES string of the molecule is Cc1cc2[nH]c3c(c2cn1)C[C@@H](C)N(C)C3. The van der Waals surface area contributed by atoms with E-state index in [2.05, 4.69) is 34.9 Å². The van der Waals surface area contributed by atoms with Crippen molar-refractivity contribution in [1.29, 1.82) is 0 Å².